The van der Waals surface area contributed by atoms with Crippen molar-refractivity contribution in [2.75, 3.05) is 38.6 Å². The second-order valence-corrected chi connectivity index (χ2v) is 9.55. The van der Waals surface area contributed by atoms with Gasteiger partial charge in [0.15, 0.2) is 0 Å². The molecule has 0 saturated carbocycles. The van der Waals surface area contributed by atoms with Crippen LogP contribution >= 0.6 is 23.2 Å². The van der Waals surface area contributed by atoms with Crippen molar-refractivity contribution in [3.63, 3.8) is 0 Å². The first-order valence-electron chi connectivity index (χ1n) is 10.3. The van der Waals surface area contributed by atoms with Gasteiger partial charge in [-0.1, -0.05) is 30.1 Å². The number of likely N-dealkylation sites (tertiary alicyclic amines) is 1. The predicted octanol–water partition coefficient (Wildman–Crippen LogP) is 4.37. The Morgan fingerprint density at radius 2 is 2.00 bits per heavy atom. The summed E-state index contributed by atoms with van der Waals surface area (Å²) < 4.78 is 1.31. The number of amides is 2. The number of anilines is 1. The van der Waals surface area contributed by atoms with Gasteiger partial charge in [-0.05, 0) is 55.6 Å². The molecule has 9 heteroatoms. The third kappa shape index (κ3) is 5.79. The molecule has 0 bridgehead atoms. The Balaban J connectivity index is 1.54. The maximum absolute atomic E-state index is 12.9. The fourth-order valence-corrected chi connectivity index (χ4v) is 4.18. The molecule has 0 aliphatic carbocycles. The quantitative estimate of drug-likeness (QED) is 0.634. The van der Waals surface area contributed by atoms with E-state index in [-0.39, 0.29) is 17.4 Å². The van der Waals surface area contributed by atoms with E-state index >= 15 is 0 Å². The molecule has 7 nitrogen and oxygen atoms in total. The van der Waals surface area contributed by atoms with Crippen LogP contribution in [0.4, 0.5) is 10.5 Å². The van der Waals surface area contributed by atoms with Crippen LogP contribution in [-0.4, -0.2) is 65.2 Å². The molecule has 0 radical (unpaired) electrons. The molecular formula is C22H29Cl2N5O2. The topological polar surface area (TPSA) is 61.7 Å². The molecule has 1 aromatic heterocycles. The van der Waals surface area contributed by atoms with Crippen molar-refractivity contribution in [2.45, 2.75) is 33.2 Å². The molecule has 1 fully saturated rings. The van der Waals surface area contributed by atoms with Gasteiger partial charge < -0.3 is 14.7 Å². The summed E-state index contributed by atoms with van der Waals surface area (Å²) in [5.41, 5.74) is 1.65. The third-order valence-corrected chi connectivity index (χ3v) is 6.60. The highest BCUT2D eigenvalue weighted by Crippen LogP contribution is 2.34. The smallest absolute Gasteiger partial charge is 0.322 e. The van der Waals surface area contributed by atoms with Gasteiger partial charge in [0.2, 0.25) is 5.91 Å². The standard InChI is InChI=1S/C22H29Cl2N5O2/c1-16(30)27(4)19-12-25-29(14-19)21(31)28-10-8-22(2,15-28)7-9-26(3)13-17-11-18(23)5-6-20(17)24/h5-6,11-12,14H,7-10,13,15H2,1-4H3. The van der Waals surface area contributed by atoms with Gasteiger partial charge in [0.25, 0.3) is 0 Å². The Morgan fingerprint density at radius 3 is 2.71 bits per heavy atom. The number of aromatic nitrogens is 2. The van der Waals surface area contributed by atoms with Crippen LogP contribution in [0.5, 0.6) is 0 Å². The van der Waals surface area contributed by atoms with Crippen LogP contribution in [0.15, 0.2) is 30.6 Å². The van der Waals surface area contributed by atoms with Crippen molar-refractivity contribution in [2.24, 2.45) is 5.41 Å². The van der Waals surface area contributed by atoms with Crippen LogP contribution in [0.3, 0.4) is 0 Å². The van der Waals surface area contributed by atoms with Gasteiger partial charge in [-0.15, -0.1) is 0 Å². The van der Waals surface area contributed by atoms with Crippen LogP contribution < -0.4 is 4.90 Å². The Bertz CT molecular complexity index is 963. The Hall–Kier alpha value is -2.09. The molecule has 1 atom stereocenters. The maximum Gasteiger partial charge on any atom is 0.344 e. The van der Waals surface area contributed by atoms with E-state index in [1.807, 2.05) is 17.0 Å². The lowest BCUT2D eigenvalue weighted by Gasteiger charge is -2.27. The molecule has 2 amide bonds. The summed E-state index contributed by atoms with van der Waals surface area (Å²) >= 11 is 12.4. The van der Waals surface area contributed by atoms with E-state index in [2.05, 4.69) is 24.0 Å². The first kappa shape index (κ1) is 23.6. The number of benzene rings is 1. The molecule has 1 aliphatic heterocycles. The van der Waals surface area contributed by atoms with Gasteiger partial charge >= 0.3 is 6.03 Å². The Labute approximate surface area is 193 Å². The Morgan fingerprint density at radius 1 is 1.26 bits per heavy atom. The fraction of sp³-hybridized carbons (Fsp3) is 0.500. The predicted molar refractivity (Wildman–Crippen MR) is 124 cm³/mol. The largest absolute Gasteiger partial charge is 0.344 e. The highest BCUT2D eigenvalue weighted by Gasteiger charge is 2.36. The summed E-state index contributed by atoms with van der Waals surface area (Å²) in [6.07, 6.45) is 5.03. The summed E-state index contributed by atoms with van der Waals surface area (Å²) in [7, 11) is 3.73. The second kappa shape index (κ2) is 9.59. The summed E-state index contributed by atoms with van der Waals surface area (Å²) in [6, 6.07) is 5.36. The maximum atomic E-state index is 12.9. The summed E-state index contributed by atoms with van der Waals surface area (Å²) in [4.78, 5) is 29.9. The molecule has 1 unspecified atom stereocenters. The summed E-state index contributed by atoms with van der Waals surface area (Å²) in [5.74, 6) is -0.107. The first-order valence-corrected chi connectivity index (χ1v) is 11.0. The second-order valence-electron chi connectivity index (χ2n) is 8.71. The average molecular weight is 466 g/mol. The van der Waals surface area contributed by atoms with Crippen molar-refractivity contribution < 1.29 is 9.59 Å². The number of carbonyl (C=O) groups is 2. The number of hydrogen-bond acceptors (Lipinski definition) is 4. The average Bonchev–Trinajstić information content (AvgIpc) is 3.36. The molecule has 1 aliphatic rings. The minimum Gasteiger partial charge on any atom is -0.322 e. The van der Waals surface area contributed by atoms with E-state index in [1.165, 1.54) is 22.7 Å². The van der Waals surface area contributed by atoms with Crippen molar-refractivity contribution in [3.05, 3.63) is 46.2 Å². The molecular weight excluding hydrogens is 437 g/mol. The van der Waals surface area contributed by atoms with Gasteiger partial charge in [-0.2, -0.15) is 9.78 Å². The van der Waals surface area contributed by atoms with E-state index in [1.54, 1.807) is 19.3 Å². The van der Waals surface area contributed by atoms with Crippen molar-refractivity contribution >= 4 is 40.8 Å². The minimum absolute atomic E-state index is 0.0359. The molecule has 2 aromatic rings. The number of rotatable bonds is 6. The number of hydrogen-bond donors (Lipinski definition) is 0. The molecule has 31 heavy (non-hydrogen) atoms. The first-order chi connectivity index (χ1) is 14.6. The van der Waals surface area contributed by atoms with Gasteiger partial charge in [-0.3, -0.25) is 4.79 Å². The van der Waals surface area contributed by atoms with Crippen LogP contribution in [0, 0.1) is 5.41 Å². The third-order valence-electron chi connectivity index (χ3n) is 6.00. The number of nitrogens with zero attached hydrogens (tertiary/aromatic N) is 5. The minimum atomic E-state index is -0.161. The highest BCUT2D eigenvalue weighted by atomic mass is 35.5. The normalized spacial score (nSPS) is 18.6. The van der Waals surface area contributed by atoms with Gasteiger partial charge in [-0.25, -0.2) is 4.79 Å². The van der Waals surface area contributed by atoms with Crippen molar-refractivity contribution in [1.82, 2.24) is 19.6 Å². The zero-order valence-electron chi connectivity index (χ0n) is 18.4. The van der Waals surface area contributed by atoms with Crippen LogP contribution in [0.2, 0.25) is 10.0 Å². The van der Waals surface area contributed by atoms with Gasteiger partial charge in [0, 0.05) is 43.7 Å². The van der Waals surface area contributed by atoms with Crippen molar-refractivity contribution in [1.29, 1.82) is 0 Å². The molecule has 1 saturated heterocycles. The lowest BCUT2D eigenvalue weighted by atomic mass is 9.86. The molecule has 2 heterocycles. The monoisotopic (exact) mass is 465 g/mol. The van der Waals surface area contributed by atoms with Crippen LogP contribution in [0.25, 0.3) is 0 Å². The van der Waals surface area contributed by atoms with Crippen LogP contribution in [-0.2, 0) is 11.3 Å². The summed E-state index contributed by atoms with van der Waals surface area (Å²) in [5, 5.41) is 5.55. The SMILES string of the molecule is CC(=O)N(C)c1cnn(C(=O)N2CCC(C)(CCN(C)Cc3cc(Cl)ccc3Cl)C2)c1. The molecule has 168 valence electrons. The molecule has 0 spiro atoms. The van der Waals surface area contributed by atoms with E-state index in [9.17, 15) is 9.59 Å². The lowest BCUT2D eigenvalue weighted by Crippen LogP contribution is -2.35. The van der Waals surface area contributed by atoms with Gasteiger partial charge in [0.1, 0.15) is 0 Å². The van der Waals surface area contributed by atoms with Crippen LogP contribution in [0.1, 0.15) is 32.3 Å². The molecule has 3 rings (SSSR count). The van der Waals surface area contributed by atoms with E-state index in [0.717, 1.165) is 31.5 Å². The molecule has 0 N–H and O–H groups in total. The fourth-order valence-electron chi connectivity index (χ4n) is 3.80. The summed E-state index contributed by atoms with van der Waals surface area (Å²) in [6.45, 7) is 6.67. The number of carbonyl (C=O) groups excluding carboxylic acids is 2. The van der Waals surface area contributed by atoms with E-state index in [4.69, 9.17) is 23.2 Å². The molecule has 1 aromatic carbocycles. The van der Waals surface area contributed by atoms with E-state index in [0.29, 0.717) is 28.8 Å². The van der Waals surface area contributed by atoms with Gasteiger partial charge in [0.05, 0.1) is 18.1 Å². The highest BCUT2D eigenvalue weighted by molar-refractivity contribution is 6.33. The van der Waals surface area contributed by atoms with E-state index < -0.39 is 0 Å². The number of halogens is 2. The zero-order valence-corrected chi connectivity index (χ0v) is 19.9. The zero-order chi connectivity index (χ0) is 22.8. The lowest BCUT2D eigenvalue weighted by molar-refractivity contribution is -0.116. The Kier molecular flexibility index (Phi) is 7.29. The van der Waals surface area contributed by atoms with Crippen molar-refractivity contribution in [3.8, 4) is 0 Å².